The molecule has 0 fully saturated rings. The molecule has 0 aliphatic rings. The Morgan fingerprint density at radius 3 is 2.31 bits per heavy atom. The largest absolute Gasteiger partial charge is 0.465 e. The normalized spacial score (nSPS) is 11.1. The zero-order valence-electron chi connectivity index (χ0n) is 20.9. The first kappa shape index (κ1) is 25.7. The van der Waals surface area contributed by atoms with E-state index in [0.717, 1.165) is 46.0 Å². The monoisotopic (exact) mass is 546 g/mol. The van der Waals surface area contributed by atoms with Crippen molar-refractivity contribution in [3.8, 4) is 11.1 Å². The Labute approximate surface area is 220 Å². The van der Waals surface area contributed by atoms with Crippen LogP contribution in [0.2, 0.25) is 0 Å². The third-order valence-electron chi connectivity index (χ3n) is 6.42. The number of aryl methyl sites for hydroxylation is 1. The maximum absolute atomic E-state index is 12.5. The number of carbonyl (C=O) groups is 2. The Bertz CT molecular complexity index is 1360. The molecule has 4 rings (SSSR count). The molecule has 0 aliphatic heterocycles. The van der Waals surface area contributed by atoms with Crippen molar-refractivity contribution in [2.24, 2.45) is 0 Å². The molecule has 0 radical (unpaired) electrons. The van der Waals surface area contributed by atoms with Crippen LogP contribution in [0.25, 0.3) is 22.0 Å². The number of fused-ring (bicyclic) bond motifs is 1. The highest BCUT2D eigenvalue weighted by atomic mass is 79.9. The van der Waals surface area contributed by atoms with Gasteiger partial charge in [-0.25, -0.2) is 4.79 Å². The number of ether oxygens (including phenoxy) is 1. The first-order valence-corrected chi connectivity index (χ1v) is 13.0. The highest BCUT2D eigenvalue weighted by Crippen LogP contribution is 2.39. The number of rotatable bonds is 9. The minimum absolute atomic E-state index is 0.0491. The summed E-state index contributed by atoms with van der Waals surface area (Å²) in [6, 6.07) is 23.7. The van der Waals surface area contributed by atoms with E-state index in [-0.39, 0.29) is 11.9 Å². The van der Waals surface area contributed by atoms with Gasteiger partial charge in [-0.05, 0) is 70.1 Å². The van der Waals surface area contributed by atoms with Crippen molar-refractivity contribution < 1.29 is 14.3 Å². The van der Waals surface area contributed by atoms with Crippen LogP contribution < -0.4 is 5.32 Å². The average Bonchev–Trinajstić information content (AvgIpc) is 3.18. The van der Waals surface area contributed by atoms with Gasteiger partial charge < -0.3 is 14.6 Å². The zero-order chi connectivity index (χ0) is 25.7. The number of nitrogens with zero attached hydrogens (tertiary/aromatic N) is 1. The fraction of sp³-hybridized carbons (Fsp3) is 0.267. The number of benzene rings is 3. The lowest BCUT2D eigenvalue weighted by Gasteiger charge is -2.10. The molecule has 0 bridgehead atoms. The van der Waals surface area contributed by atoms with Gasteiger partial charge in [0.1, 0.15) is 0 Å². The van der Waals surface area contributed by atoms with E-state index in [0.29, 0.717) is 23.6 Å². The van der Waals surface area contributed by atoms with Crippen LogP contribution in [0.1, 0.15) is 58.9 Å². The SMILES string of the molecule is COC(=O)c1ccc2c(-c3ccccc3)c(Br)n(CCCCNC(=O)c3ccc(C(C)C)cc3)c2c1. The van der Waals surface area contributed by atoms with Gasteiger partial charge >= 0.3 is 5.97 Å². The van der Waals surface area contributed by atoms with Crippen LogP contribution in [0.5, 0.6) is 0 Å². The standard InChI is InChI=1S/C30H31BrN2O3/c1-20(2)21-11-13-23(14-12-21)29(34)32-17-7-8-18-33-26-19-24(30(35)36-3)15-16-25(26)27(28(33)31)22-9-5-4-6-10-22/h4-6,9-16,19-20H,7-8,17-18H2,1-3H3,(H,32,34). The fourth-order valence-electron chi connectivity index (χ4n) is 4.38. The molecule has 0 saturated carbocycles. The van der Waals surface area contributed by atoms with E-state index >= 15 is 0 Å². The average molecular weight is 547 g/mol. The molecule has 4 aromatic rings. The highest BCUT2D eigenvalue weighted by Gasteiger charge is 2.18. The Hall–Kier alpha value is -3.38. The first-order chi connectivity index (χ1) is 17.4. The summed E-state index contributed by atoms with van der Waals surface area (Å²) in [5.74, 6) is 0.0375. The lowest BCUT2D eigenvalue weighted by atomic mass is 10.0. The molecule has 1 heterocycles. The Kier molecular flexibility index (Phi) is 8.26. The summed E-state index contributed by atoms with van der Waals surface area (Å²) in [6.07, 6.45) is 1.70. The minimum Gasteiger partial charge on any atom is -0.465 e. The molecule has 5 nitrogen and oxygen atoms in total. The maximum Gasteiger partial charge on any atom is 0.337 e. The number of aromatic nitrogens is 1. The van der Waals surface area contributed by atoms with Gasteiger partial charge in [0.15, 0.2) is 0 Å². The van der Waals surface area contributed by atoms with Gasteiger partial charge in [-0.3, -0.25) is 4.79 Å². The third-order valence-corrected chi connectivity index (χ3v) is 7.24. The number of methoxy groups -OCH3 is 1. The van der Waals surface area contributed by atoms with E-state index in [1.165, 1.54) is 12.7 Å². The summed E-state index contributed by atoms with van der Waals surface area (Å²) in [6.45, 7) is 5.62. The number of hydrogen-bond acceptors (Lipinski definition) is 3. The van der Waals surface area contributed by atoms with E-state index in [4.69, 9.17) is 4.74 Å². The molecule has 1 N–H and O–H groups in total. The molecule has 6 heteroatoms. The van der Waals surface area contributed by atoms with Crippen molar-refractivity contribution in [2.75, 3.05) is 13.7 Å². The van der Waals surface area contributed by atoms with E-state index in [1.54, 1.807) is 6.07 Å². The molecule has 3 aromatic carbocycles. The van der Waals surface area contributed by atoms with Crippen molar-refractivity contribution in [3.63, 3.8) is 0 Å². The van der Waals surface area contributed by atoms with Crippen LogP contribution in [-0.2, 0) is 11.3 Å². The first-order valence-electron chi connectivity index (χ1n) is 12.2. The molecule has 0 unspecified atom stereocenters. The summed E-state index contributed by atoms with van der Waals surface area (Å²) in [7, 11) is 1.39. The van der Waals surface area contributed by atoms with Gasteiger partial charge in [-0.15, -0.1) is 0 Å². The number of esters is 1. The zero-order valence-corrected chi connectivity index (χ0v) is 22.5. The van der Waals surface area contributed by atoms with Crippen molar-refractivity contribution in [2.45, 2.75) is 39.2 Å². The van der Waals surface area contributed by atoms with Crippen molar-refractivity contribution in [1.29, 1.82) is 0 Å². The van der Waals surface area contributed by atoms with Gasteiger partial charge in [0, 0.05) is 29.6 Å². The summed E-state index contributed by atoms with van der Waals surface area (Å²) in [5.41, 5.74) is 5.60. The Balaban J connectivity index is 1.47. The second kappa shape index (κ2) is 11.6. The quantitative estimate of drug-likeness (QED) is 0.178. The summed E-state index contributed by atoms with van der Waals surface area (Å²) < 4.78 is 8.10. The van der Waals surface area contributed by atoms with Gasteiger partial charge in [0.25, 0.3) is 5.91 Å². The van der Waals surface area contributed by atoms with Crippen molar-refractivity contribution >= 4 is 38.7 Å². The van der Waals surface area contributed by atoms with Crippen LogP contribution in [0, 0.1) is 0 Å². The van der Waals surface area contributed by atoms with Crippen LogP contribution in [0.4, 0.5) is 0 Å². The van der Waals surface area contributed by atoms with E-state index in [9.17, 15) is 9.59 Å². The molecular formula is C30H31BrN2O3. The number of unbranched alkanes of at least 4 members (excludes halogenated alkanes) is 1. The molecule has 1 aromatic heterocycles. The number of nitrogens with one attached hydrogen (secondary N) is 1. The predicted molar refractivity (Wildman–Crippen MR) is 149 cm³/mol. The lowest BCUT2D eigenvalue weighted by molar-refractivity contribution is 0.0600. The molecule has 0 spiro atoms. The van der Waals surface area contributed by atoms with Gasteiger partial charge in [-0.2, -0.15) is 0 Å². The van der Waals surface area contributed by atoms with E-state index < -0.39 is 0 Å². The molecular weight excluding hydrogens is 516 g/mol. The van der Waals surface area contributed by atoms with Gasteiger partial charge in [-0.1, -0.05) is 62.4 Å². The van der Waals surface area contributed by atoms with Gasteiger partial charge in [0.05, 0.1) is 22.8 Å². The summed E-state index contributed by atoms with van der Waals surface area (Å²) in [4.78, 5) is 24.7. The number of amides is 1. The fourth-order valence-corrected chi connectivity index (χ4v) is 5.19. The van der Waals surface area contributed by atoms with E-state index in [1.807, 2.05) is 54.6 Å². The maximum atomic E-state index is 12.5. The van der Waals surface area contributed by atoms with Crippen LogP contribution in [-0.4, -0.2) is 30.1 Å². The minimum atomic E-state index is -0.355. The molecule has 0 saturated heterocycles. The topological polar surface area (TPSA) is 60.3 Å². The molecule has 0 aliphatic carbocycles. The smallest absolute Gasteiger partial charge is 0.337 e. The molecule has 36 heavy (non-hydrogen) atoms. The summed E-state index contributed by atoms with van der Waals surface area (Å²) >= 11 is 3.83. The lowest BCUT2D eigenvalue weighted by Crippen LogP contribution is -2.24. The van der Waals surface area contributed by atoms with Crippen LogP contribution in [0.3, 0.4) is 0 Å². The third kappa shape index (κ3) is 5.54. The molecule has 1 amide bonds. The number of halogens is 1. The predicted octanol–water partition coefficient (Wildman–Crippen LogP) is 7.19. The second-order valence-corrected chi connectivity index (χ2v) is 9.90. The Morgan fingerprint density at radius 1 is 0.944 bits per heavy atom. The van der Waals surface area contributed by atoms with Crippen LogP contribution in [0.15, 0.2) is 77.4 Å². The van der Waals surface area contributed by atoms with Crippen molar-refractivity contribution in [1.82, 2.24) is 9.88 Å². The second-order valence-electron chi connectivity index (χ2n) is 9.15. The van der Waals surface area contributed by atoms with Gasteiger partial charge in [0.2, 0.25) is 0 Å². The van der Waals surface area contributed by atoms with Crippen molar-refractivity contribution in [3.05, 3.63) is 94.1 Å². The van der Waals surface area contributed by atoms with E-state index in [2.05, 4.69) is 51.8 Å². The molecule has 0 atom stereocenters. The highest BCUT2D eigenvalue weighted by molar-refractivity contribution is 9.10. The summed E-state index contributed by atoms with van der Waals surface area (Å²) in [5, 5.41) is 4.10. The number of hydrogen-bond donors (Lipinski definition) is 1. The Morgan fingerprint density at radius 2 is 1.64 bits per heavy atom. The van der Waals surface area contributed by atoms with Crippen LogP contribution >= 0.6 is 15.9 Å². The number of carbonyl (C=O) groups excluding carboxylic acids is 2. The molecule has 186 valence electrons.